The first-order valence-electron chi connectivity index (χ1n) is 10.4. The fourth-order valence-electron chi connectivity index (χ4n) is 3.21. The molecule has 0 saturated carbocycles. The molecule has 0 fully saturated rings. The van der Waals surface area contributed by atoms with Crippen molar-refractivity contribution in [1.82, 2.24) is 30.7 Å². The van der Waals surface area contributed by atoms with Crippen LogP contribution >= 0.6 is 0 Å². The van der Waals surface area contributed by atoms with Crippen LogP contribution in [0.2, 0.25) is 0 Å². The first-order valence-corrected chi connectivity index (χ1v) is 10.4. The lowest BCUT2D eigenvalue weighted by atomic mass is 10.1. The van der Waals surface area contributed by atoms with E-state index in [0.717, 1.165) is 4.68 Å². The number of nitrogens with two attached hydrogens (primary N) is 1. The number of amides is 1. The monoisotopic (exact) mass is 493 g/mol. The maximum Gasteiger partial charge on any atom is 0.294 e. The Bertz CT molecular complexity index is 1450. The number of hydrogen-bond acceptors (Lipinski definition) is 12. The summed E-state index contributed by atoms with van der Waals surface area (Å²) >= 11 is 0. The standard InChI is InChI=1S/C21H19N9O6/c1-3-35-16-9-12(7-8-15(16)34-2)11-23-25-21(31)17-18(13-5-4-6-14(10-13)30(32)33)29(28-24-17)20-19(22)26-36-27-20/h4-11H,3H2,1-2H3,(H2,22,26)(H,25,31)/b23-11+. The molecule has 0 radical (unpaired) electrons. The van der Waals surface area contributed by atoms with Gasteiger partial charge in [0.05, 0.1) is 24.9 Å². The van der Waals surface area contributed by atoms with Gasteiger partial charge in [-0.1, -0.05) is 17.3 Å². The number of nitrogens with one attached hydrogen (secondary N) is 1. The summed E-state index contributed by atoms with van der Waals surface area (Å²) in [5, 5.41) is 30.2. The first-order chi connectivity index (χ1) is 17.4. The van der Waals surface area contributed by atoms with Crippen LogP contribution in [0.25, 0.3) is 17.1 Å². The molecular weight excluding hydrogens is 474 g/mol. The molecule has 15 heteroatoms. The number of rotatable bonds is 9. The number of non-ortho nitro benzene ring substituents is 1. The van der Waals surface area contributed by atoms with Gasteiger partial charge in [-0.2, -0.15) is 9.78 Å². The van der Waals surface area contributed by atoms with E-state index in [-0.39, 0.29) is 34.3 Å². The molecule has 0 unspecified atom stereocenters. The Labute approximate surface area is 202 Å². The van der Waals surface area contributed by atoms with Crippen molar-refractivity contribution in [1.29, 1.82) is 0 Å². The molecule has 2 aromatic carbocycles. The highest BCUT2D eigenvalue weighted by molar-refractivity contribution is 5.99. The van der Waals surface area contributed by atoms with Crippen LogP contribution in [0.5, 0.6) is 11.5 Å². The molecule has 2 heterocycles. The molecule has 0 bridgehead atoms. The highest BCUT2D eigenvalue weighted by atomic mass is 16.6. The molecule has 3 N–H and O–H groups in total. The molecule has 15 nitrogen and oxygen atoms in total. The van der Waals surface area contributed by atoms with Crippen LogP contribution < -0.4 is 20.6 Å². The zero-order chi connectivity index (χ0) is 25.7. The molecule has 184 valence electrons. The molecule has 4 rings (SSSR count). The molecular formula is C21H19N9O6. The Morgan fingerprint density at radius 3 is 2.81 bits per heavy atom. The Morgan fingerprint density at radius 1 is 1.28 bits per heavy atom. The van der Waals surface area contributed by atoms with Gasteiger partial charge in [0.2, 0.25) is 11.6 Å². The van der Waals surface area contributed by atoms with E-state index >= 15 is 0 Å². The number of benzene rings is 2. The number of hydrazone groups is 1. The van der Waals surface area contributed by atoms with E-state index in [1.165, 1.54) is 31.5 Å². The quantitative estimate of drug-likeness (QED) is 0.196. The molecule has 36 heavy (non-hydrogen) atoms. The summed E-state index contributed by atoms with van der Waals surface area (Å²) in [6.45, 7) is 2.28. The fraction of sp³-hybridized carbons (Fsp3) is 0.143. The summed E-state index contributed by atoms with van der Waals surface area (Å²) in [5.41, 5.74) is 8.69. The highest BCUT2D eigenvalue weighted by Crippen LogP contribution is 2.29. The number of nitrogen functional groups attached to an aromatic ring is 1. The number of anilines is 1. The molecule has 0 saturated heterocycles. The van der Waals surface area contributed by atoms with E-state index < -0.39 is 10.8 Å². The van der Waals surface area contributed by atoms with Crippen LogP contribution in [0.15, 0.2) is 52.2 Å². The van der Waals surface area contributed by atoms with E-state index in [1.54, 1.807) is 24.3 Å². The van der Waals surface area contributed by atoms with Gasteiger partial charge in [-0.15, -0.1) is 5.10 Å². The van der Waals surface area contributed by atoms with Crippen molar-refractivity contribution < 1.29 is 23.8 Å². The maximum atomic E-state index is 13.0. The van der Waals surface area contributed by atoms with Crippen LogP contribution in [-0.2, 0) is 0 Å². The Kier molecular flexibility index (Phi) is 6.80. The number of carbonyl (C=O) groups is 1. The molecule has 1 amide bonds. The van der Waals surface area contributed by atoms with Crippen LogP contribution in [-0.4, -0.2) is 56.1 Å². The van der Waals surface area contributed by atoms with Crippen molar-refractivity contribution in [3.8, 4) is 28.6 Å². The summed E-state index contributed by atoms with van der Waals surface area (Å²) in [7, 11) is 1.53. The molecule has 0 aliphatic rings. The minimum absolute atomic E-state index is 0.0479. The van der Waals surface area contributed by atoms with E-state index in [2.05, 4.69) is 35.8 Å². The SMILES string of the molecule is CCOc1cc(/C=N/NC(=O)c2nnn(-c3nonc3N)c2-c2cccc([N+](=O)[O-])c2)ccc1OC. The van der Waals surface area contributed by atoms with Crippen molar-refractivity contribution >= 4 is 23.6 Å². The second-order valence-electron chi connectivity index (χ2n) is 7.02. The predicted octanol–water partition coefficient (Wildman–Crippen LogP) is 1.98. The van der Waals surface area contributed by atoms with Gasteiger partial charge in [0.1, 0.15) is 5.69 Å². The third-order valence-electron chi connectivity index (χ3n) is 4.78. The number of hydrogen-bond donors (Lipinski definition) is 2. The Balaban J connectivity index is 1.67. The summed E-state index contributed by atoms with van der Waals surface area (Å²) < 4.78 is 16.5. The number of nitro benzene ring substituents is 1. The summed E-state index contributed by atoms with van der Waals surface area (Å²) in [4.78, 5) is 23.7. The molecule has 0 aliphatic heterocycles. The second-order valence-corrected chi connectivity index (χ2v) is 7.02. The van der Waals surface area contributed by atoms with Crippen LogP contribution in [0.4, 0.5) is 11.5 Å². The second kappa shape index (κ2) is 10.3. The number of nitro groups is 1. The highest BCUT2D eigenvalue weighted by Gasteiger charge is 2.26. The van der Waals surface area contributed by atoms with Crippen molar-refractivity contribution in [2.75, 3.05) is 19.5 Å². The largest absolute Gasteiger partial charge is 0.493 e. The number of carbonyl (C=O) groups excluding carboxylic acids is 1. The van der Waals surface area contributed by atoms with E-state index in [1.807, 2.05) is 6.92 Å². The molecule has 2 aromatic heterocycles. The number of nitrogens with zero attached hydrogens (tertiary/aromatic N) is 7. The van der Waals surface area contributed by atoms with E-state index in [4.69, 9.17) is 15.2 Å². The minimum Gasteiger partial charge on any atom is -0.493 e. The van der Waals surface area contributed by atoms with E-state index in [0.29, 0.717) is 23.7 Å². The zero-order valence-electron chi connectivity index (χ0n) is 19.0. The smallest absolute Gasteiger partial charge is 0.294 e. The third kappa shape index (κ3) is 4.79. The lowest BCUT2D eigenvalue weighted by Gasteiger charge is -2.09. The summed E-state index contributed by atoms with van der Waals surface area (Å²) in [6, 6.07) is 10.7. The van der Waals surface area contributed by atoms with Gasteiger partial charge in [-0.3, -0.25) is 14.9 Å². The Hall–Kier alpha value is -5.34. The van der Waals surface area contributed by atoms with Crippen LogP contribution in [0.3, 0.4) is 0 Å². The third-order valence-corrected chi connectivity index (χ3v) is 4.78. The van der Waals surface area contributed by atoms with Gasteiger partial charge in [0, 0.05) is 17.7 Å². The van der Waals surface area contributed by atoms with Crippen molar-refractivity contribution in [3.63, 3.8) is 0 Å². The Morgan fingerprint density at radius 2 is 2.11 bits per heavy atom. The number of methoxy groups -OCH3 is 1. The van der Waals surface area contributed by atoms with Gasteiger partial charge in [0.25, 0.3) is 11.6 Å². The average Bonchev–Trinajstić information content (AvgIpc) is 3.50. The van der Waals surface area contributed by atoms with Gasteiger partial charge in [-0.25, -0.2) is 10.1 Å². The first kappa shape index (κ1) is 23.8. The topological polar surface area (TPSA) is 199 Å². The summed E-state index contributed by atoms with van der Waals surface area (Å²) in [6.07, 6.45) is 1.40. The predicted molar refractivity (Wildman–Crippen MR) is 125 cm³/mol. The fourth-order valence-corrected chi connectivity index (χ4v) is 3.21. The van der Waals surface area contributed by atoms with E-state index in [9.17, 15) is 14.9 Å². The normalized spacial score (nSPS) is 10.9. The average molecular weight is 493 g/mol. The zero-order valence-corrected chi connectivity index (χ0v) is 19.0. The van der Waals surface area contributed by atoms with Gasteiger partial charge < -0.3 is 15.2 Å². The van der Waals surface area contributed by atoms with Crippen molar-refractivity contribution in [2.45, 2.75) is 6.92 Å². The maximum absolute atomic E-state index is 13.0. The number of ether oxygens (including phenoxy) is 2. The number of aromatic nitrogens is 5. The van der Waals surface area contributed by atoms with Gasteiger partial charge >= 0.3 is 0 Å². The van der Waals surface area contributed by atoms with Crippen LogP contribution in [0, 0.1) is 10.1 Å². The van der Waals surface area contributed by atoms with Gasteiger partial charge in [-0.05, 0) is 41.0 Å². The molecule has 4 aromatic rings. The minimum atomic E-state index is -0.743. The summed E-state index contributed by atoms with van der Waals surface area (Å²) in [5.74, 6) is 0.157. The lowest BCUT2D eigenvalue weighted by Crippen LogP contribution is -2.19. The molecule has 0 aliphatic carbocycles. The molecule has 0 spiro atoms. The van der Waals surface area contributed by atoms with Crippen molar-refractivity contribution in [2.24, 2.45) is 5.10 Å². The van der Waals surface area contributed by atoms with Gasteiger partial charge in [0.15, 0.2) is 17.2 Å². The van der Waals surface area contributed by atoms with Crippen LogP contribution in [0.1, 0.15) is 23.0 Å². The molecule has 0 atom stereocenters. The lowest BCUT2D eigenvalue weighted by molar-refractivity contribution is -0.384. The van der Waals surface area contributed by atoms with Crippen molar-refractivity contribution in [3.05, 3.63) is 63.8 Å².